The smallest absolute Gasteiger partial charge is 0.239 e. The Balaban J connectivity index is 0.00000471. The summed E-state index contributed by atoms with van der Waals surface area (Å²) in [5, 5.41) is 7.42. The maximum absolute atomic E-state index is 6.46. The van der Waals surface area contributed by atoms with Gasteiger partial charge in [0.25, 0.3) is 0 Å². The van der Waals surface area contributed by atoms with Crippen molar-refractivity contribution in [3.63, 3.8) is 0 Å². The number of benzene rings is 6. The van der Waals surface area contributed by atoms with Gasteiger partial charge in [-0.15, -0.1) is 29.7 Å². The maximum Gasteiger partial charge on any atom is 0.239 e. The zero-order valence-electron chi connectivity index (χ0n) is 37.1. The fourth-order valence-electron chi connectivity index (χ4n) is 9.19. The number of fused-ring (bicyclic) bond motifs is 9. The molecule has 0 aliphatic heterocycles. The third kappa shape index (κ3) is 6.73. The van der Waals surface area contributed by atoms with Crippen LogP contribution in [0, 0.1) is 18.5 Å². The predicted molar refractivity (Wildman–Crippen MR) is 254 cm³/mol. The van der Waals surface area contributed by atoms with Gasteiger partial charge in [-0.1, -0.05) is 97.8 Å². The average molecular weight is 1000 g/mol. The van der Waals surface area contributed by atoms with Crippen LogP contribution in [0.2, 0.25) is 0 Å². The minimum atomic E-state index is -0.0501. The molecule has 0 unspecified atom stereocenters. The van der Waals surface area contributed by atoms with E-state index in [0.29, 0.717) is 11.5 Å². The number of H-pyrrole nitrogens is 1. The van der Waals surface area contributed by atoms with Crippen LogP contribution in [0.15, 0.2) is 128 Å². The molecule has 63 heavy (non-hydrogen) atoms. The van der Waals surface area contributed by atoms with Crippen molar-refractivity contribution in [3.8, 4) is 34.1 Å². The SMILES string of the molecule is CC(C)(C)c1ccnc(-n2c3[c-]c(Oc4[c-]c(-n5[c-][nH+]cc5)ccc4)ccc3c3cc(-c4ccc5c(c4)c4cc(C(C)(C)C)cc6c7cc(C(C)(C)C)ccc7n5c46)ccc32)c1.[Pt]. The zero-order valence-corrected chi connectivity index (χ0v) is 39.4. The van der Waals surface area contributed by atoms with Crippen LogP contribution in [-0.4, -0.2) is 18.5 Å². The topological polar surface area (TPSA) is 50.5 Å². The second-order valence-corrected chi connectivity index (χ2v) is 20.0. The molecule has 0 aliphatic carbocycles. The van der Waals surface area contributed by atoms with Crippen LogP contribution >= 0.6 is 0 Å². The van der Waals surface area contributed by atoms with Crippen molar-refractivity contribution < 1.29 is 30.8 Å². The van der Waals surface area contributed by atoms with E-state index in [-0.39, 0.29) is 37.3 Å². The molecule has 0 aliphatic rings. The number of aromatic nitrogens is 5. The number of hydrogen-bond donors (Lipinski definition) is 0. The van der Waals surface area contributed by atoms with Crippen LogP contribution in [0.25, 0.3) is 82.5 Å². The van der Waals surface area contributed by atoms with E-state index in [2.05, 4.69) is 180 Å². The Morgan fingerprint density at radius 2 is 1.16 bits per heavy atom. The number of rotatable bonds is 5. The number of nitrogens with one attached hydrogen (secondary N) is 1. The van der Waals surface area contributed by atoms with Crippen LogP contribution in [-0.2, 0) is 37.3 Å². The minimum Gasteiger partial charge on any atom is -0.510 e. The van der Waals surface area contributed by atoms with E-state index in [1.54, 1.807) is 0 Å². The minimum absolute atomic E-state index is 0. The Morgan fingerprint density at radius 1 is 0.556 bits per heavy atom. The Bertz CT molecular complexity index is 3550. The Morgan fingerprint density at radius 3 is 1.83 bits per heavy atom. The van der Waals surface area contributed by atoms with Crippen LogP contribution in [0.3, 0.4) is 0 Å². The molecule has 0 saturated carbocycles. The second kappa shape index (κ2) is 14.4. The average Bonchev–Trinajstić information content (AvgIpc) is 4.03. The van der Waals surface area contributed by atoms with E-state index in [1.807, 2.05) is 47.4 Å². The molecule has 316 valence electrons. The van der Waals surface area contributed by atoms with Crippen molar-refractivity contribution in [2.75, 3.05) is 0 Å². The van der Waals surface area contributed by atoms with E-state index in [1.165, 1.54) is 60.3 Å². The molecule has 1 N–H and O–H groups in total. The van der Waals surface area contributed by atoms with Gasteiger partial charge in [0.1, 0.15) is 5.82 Å². The third-order valence-electron chi connectivity index (χ3n) is 12.7. The first-order valence-electron chi connectivity index (χ1n) is 21.5. The molecule has 5 heterocycles. The molecular formula is C56H49N5OPt-2. The Labute approximate surface area is 382 Å². The first-order valence-corrected chi connectivity index (χ1v) is 21.5. The number of ether oxygens (including phenoxy) is 1. The molecule has 11 aromatic rings. The summed E-state index contributed by atoms with van der Waals surface area (Å²) in [5.41, 5.74) is 12.8. The first-order chi connectivity index (χ1) is 29.6. The standard InChI is InChI=1S/C56H49N5O.Pt/c1-54(2,3)36-15-20-50-45(27-36)47-29-38(56(7,8)9)28-46-44-26-35(14-19-49(44)61(50)53(46)47)34-13-18-48-43(25-34)42-17-16-41(62-40-12-10-11-39(31-40)59-24-23-57-33-59)32-51(42)60(48)52-30-37(21-22-58-52)55(4,5)6;/h10-30,57H,1-9H3;/q-2;. The zero-order chi connectivity index (χ0) is 42.9. The fraction of sp³-hybridized carbons (Fsp3) is 0.214. The van der Waals surface area contributed by atoms with Gasteiger partial charge in [0.15, 0.2) is 0 Å². The third-order valence-corrected chi connectivity index (χ3v) is 12.7. The van der Waals surface area contributed by atoms with Gasteiger partial charge in [-0.3, -0.25) is 0 Å². The Kier molecular flexibility index (Phi) is 9.33. The summed E-state index contributed by atoms with van der Waals surface area (Å²) in [6, 6.07) is 47.1. The van der Waals surface area contributed by atoms with Crippen molar-refractivity contribution in [1.82, 2.24) is 18.5 Å². The van der Waals surface area contributed by atoms with Gasteiger partial charge in [-0.2, -0.15) is 18.2 Å². The van der Waals surface area contributed by atoms with Gasteiger partial charge >= 0.3 is 0 Å². The predicted octanol–water partition coefficient (Wildman–Crippen LogP) is 13.7. The number of pyridine rings is 1. The van der Waals surface area contributed by atoms with E-state index in [0.717, 1.165) is 38.9 Å². The molecule has 0 saturated heterocycles. The van der Waals surface area contributed by atoms with E-state index >= 15 is 0 Å². The molecule has 0 spiro atoms. The monoisotopic (exact) mass is 1000 g/mol. The summed E-state index contributed by atoms with van der Waals surface area (Å²) in [5.74, 6) is 2.03. The van der Waals surface area contributed by atoms with Crippen molar-refractivity contribution in [2.24, 2.45) is 0 Å². The van der Waals surface area contributed by atoms with Gasteiger partial charge in [0, 0.05) is 78.2 Å². The maximum atomic E-state index is 6.46. The van der Waals surface area contributed by atoms with Gasteiger partial charge in [-0.05, 0) is 104 Å². The van der Waals surface area contributed by atoms with E-state index in [9.17, 15) is 0 Å². The normalized spacial score (nSPS) is 12.7. The molecule has 5 aromatic heterocycles. The molecular weight excluding hydrogens is 954 g/mol. The van der Waals surface area contributed by atoms with Gasteiger partial charge in [-0.25, -0.2) is 4.98 Å². The first kappa shape index (κ1) is 40.8. The Hall–Kier alpha value is -6.23. The van der Waals surface area contributed by atoms with Gasteiger partial charge < -0.3 is 23.3 Å². The van der Waals surface area contributed by atoms with Gasteiger partial charge in [0.05, 0.1) is 16.6 Å². The number of imidazole rings is 1. The van der Waals surface area contributed by atoms with E-state index in [4.69, 9.17) is 9.72 Å². The molecule has 0 atom stereocenters. The molecule has 11 rings (SSSR count). The molecule has 7 heteroatoms. The molecule has 0 radical (unpaired) electrons. The number of nitrogens with zero attached hydrogens (tertiary/aromatic N) is 4. The summed E-state index contributed by atoms with van der Waals surface area (Å²) < 4.78 is 13.0. The second-order valence-electron chi connectivity index (χ2n) is 20.0. The molecule has 0 bridgehead atoms. The van der Waals surface area contributed by atoms with Crippen molar-refractivity contribution in [1.29, 1.82) is 0 Å². The largest absolute Gasteiger partial charge is 0.510 e. The number of aromatic amines is 1. The van der Waals surface area contributed by atoms with Crippen LogP contribution < -0.4 is 9.72 Å². The fourth-order valence-corrected chi connectivity index (χ4v) is 9.19. The summed E-state index contributed by atoms with van der Waals surface area (Å²) in [6.45, 7) is 20.6. The quantitative estimate of drug-likeness (QED) is 0.161. The van der Waals surface area contributed by atoms with Crippen LogP contribution in [0.4, 0.5) is 0 Å². The van der Waals surface area contributed by atoms with Gasteiger partial charge in [0.2, 0.25) is 6.33 Å². The van der Waals surface area contributed by atoms with Crippen molar-refractivity contribution in [3.05, 3.63) is 163 Å². The molecule has 6 aromatic carbocycles. The van der Waals surface area contributed by atoms with Crippen molar-refractivity contribution >= 4 is 59.9 Å². The van der Waals surface area contributed by atoms with Crippen molar-refractivity contribution in [2.45, 2.75) is 78.6 Å². The summed E-state index contributed by atoms with van der Waals surface area (Å²) in [6.07, 6.45) is 8.70. The van der Waals surface area contributed by atoms with Crippen LogP contribution in [0.5, 0.6) is 11.5 Å². The summed E-state index contributed by atoms with van der Waals surface area (Å²) in [7, 11) is 0. The van der Waals surface area contributed by atoms with E-state index < -0.39 is 0 Å². The molecule has 6 nitrogen and oxygen atoms in total. The molecule has 0 fully saturated rings. The molecule has 0 amide bonds. The van der Waals surface area contributed by atoms with Crippen LogP contribution in [0.1, 0.15) is 79.0 Å². The summed E-state index contributed by atoms with van der Waals surface area (Å²) in [4.78, 5) is 7.93. The number of hydrogen-bond acceptors (Lipinski definition) is 2. The summed E-state index contributed by atoms with van der Waals surface area (Å²) >= 11 is 0.